The molecule has 0 aliphatic rings. The molecule has 1 aromatic carbocycles. The zero-order valence-electron chi connectivity index (χ0n) is 10.8. The Labute approximate surface area is 106 Å². The second kappa shape index (κ2) is 4.86. The molecule has 0 saturated carbocycles. The number of nitrogens with zero attached hydrogens (tertiary/aromatic N) is 3. The maximum absolute atomic E-state index is 13.1. The van der Waals surface area contributed by atoms with Gasteiger partial charge in [0.15, 0.2) is 0 Å². The monoisotopic (exact) mass is 248 g/mol. The Bertz CT molecular complexity index is 548. The predicted octanol–water partition coefficient (Wildman–Crippen LogP) is 2.35. The average molecular weight is 248 g/mol. The van der Waals surface area contributed by atoms with Crippen molar-refractivity contribution in [1.82, 2.24) is 14.8 Å². The first-order valence-electron chi connectivity index (χ1n) is 5.91. The summed E-state index contributed by atoms with van der Waals surface area (Å²) in [5, 5.41) is 4.16. The minimum Gasteiger partial charge on any atom is -0.318 e. The van der Waals surface area contributed by atoms with Gasteiger partial charge in [0, 0.05) is 6.04 Å². The van der Waals surface area contributed by atoms with Gasteiger partial charge in [-0.25, -0.2) is 14.1 Å². The van der Waals surface area contributed by atoms with E-state index in [1.807, 2.05) is 20.8 Å². The number of hydrogen-bond acceptors (Lipinski definition) is 3. The fourth-order valence-corrected chi connectivity index (χ4v) is 2.01. The van der Waals surface area contributed by atoms with Gasteiger partial charge in [0.05, 0.1) is 6.04 Å². The van der Waals surface area contributed by atoms with Gasteiger partial charge >= 0.3 is 0 Å². The molecular formula is C13H17FN4. The summed E-state index contributed by atoms with van der Waals surface area (Å²) >= 11 is 0. The summed E-state index contributed by atoms with van der Waals surface area (Å²) in [5.41, 5.74) is 7.89. The van der Waals surface area contributed by atoms with Crippen LogP contribution in [0.2, 0.25) is 0 Å². The van der Waals surface area contributed by atoms with Gasteiger partial charge in [-0.05, 0) is 44.0 Å². The summed E-state index contributed by atoms with van der Waals surface area (Å²) in [6.07, 6.45) is 1.49. The quantitative estimate of drug-likeness (QED) is 0.907. The van der Waals surface area contributed by atoms with Crippen LogP contribution in [0, 0.1) is 12.7 Å². The Morgan fingerprint density at radius 2 is 2.06 bits per heavy atom. The first-order valence-corrected chi connectivity index (χ1v) is 5.91. The Balaban J connectivity index is 2.41. The number of nitrogens with two attached hydrogens (primary N) is 1. The third-order valence-electron chi connectivity index (χ3n) is 2.93. The largest absolute Gasteiger partial charge is 0.318 e. The molecule has 1 atom stereocenters. The van der Waals surface area contributed by atoms with Crippen molar-refractivity contribution in [2.45, 2.75) is 32.9 Å². The van der Waals surface area contributed by atoms with E-state index in [1.54, 1.807) is 10.7 Å². The number of benzene rings is 1. The third-order valence-corrected chi connectivity index (χ3v) is 2.93. The maximum atomic E-state index is 13.1. The van der Waals surface area contributed by atoms with Crippen LogP contribution in [0.3, 0.4) is 0 Å². The molecule has 1 heterocycles. The lowest BCUT2D eigenvalue weighted by Crippen LogP contribution is -2.20. The number of hydrogen-bond donors (Lipinski definition) is 1. The number of halogens is 1. The van der Waals surface area contributed by atoms with Gasteiger partial charge in [-0.2, -0.15) is 5.10 Å². The Morgan fingerprint density at radius 1 is 1.33 bits per heavy atom. The van der Waals surface area contributed by atoms with Crippen molar-refractivity contribution in [2.75, 3.05) is 0 Å². The van der Waals surface area contributed by atoms with Gasteiger partial charge in [0.2, 0.25) is 0 Å². The normalized spacial score (nSPS) is 13.0. The highest BCUT2D eigenvalue weighted by molar-refractivity contribution is 5.32. The van der Waals surface area contributed by atoms with E-state index in [9.17, 15) is 4.39 Å². The molecule has 18 heavy (non-hydrogen) atoms. The maximum Gasteiger partial charge on any atom is 0.148 e. The van der Waals surface area contributed by atoms with E-state index in [0.717, 1.165) is 11.1 Å². The van der Waals surface area contributed by atoms with Crippen molar-refractivity contribution in [2.24, 2.45) is 5.73 Å². The predicted molar refractivity (Wildman–Crippen MR) is 67.6 cm³/mol. The summed E-state index contributed by atoms with van der Waals surface area (Å²) in [4.78, 5) is 4.21. The van der Waals surface area contributed by atoms with E-state index in [1.165, 1.54) is 18.5 Å². The lowest BCUT2D eigenvalue weighted by molar-refractivity contribution is 0.493. The smallest absolute Gasteiger partial charge is 0.148 e. The standard InChI is InChI=1S/C13H17FN4/c1-8(2)18-13(16-7-17-18)12(15)11-5-4-10(14)6-9(11)3/h4-8,12H,15H2,1-3H3. The molecule has 0 radical (unpaired) electrons. The second-order valence-electron chi connectivity index (χ2n) is 4.64. The molecule has 1 unspecified atom stereocenters. The molecule has 0 spiro atoms. The van der Waals surface area contributed by atoms with Crippen molar-refractivity contribution >= 4 is 0 Å². The minimum atomic E-state index is -0.393. The van der Waals surface area contributed by atoms with E-state index in [2.05, 4.69) is 10.1 Å². The van der Waals surface area contributed by atoms with E-state index >= 15 is 0 Å². The zero-order valence-corrected chi connectivity index (χ0v) is 10.8. The zero-order chi connectivity index (χ0) is 13.3. The van der Waals surface area contributed by atoms with Gasteiger partial charge in [0.1, 0.15) is 18.0 Å². The van der Waals surface area contributed by atoms with Gasteiger partial charge < -0.3 is 5.73 Å². The molecule has 0 saturated heterocycles. The number of aryl methyl sites for hydroxylation is 1. The number of rotatable bonds is 3. The minimum absolute atomic E-state index is 0.189. The van der Waals surface area contributed by atoms with Crippen LogP contribution in [-0.2, 0) is 0 Å². The van der Waals surface area contributed by atoms with Crippen LogP contribution in [0.15, 0.2) is 24.5 Å². The molecule has 1 aromatic heterocycles. The molecule has 0 bridgehead atoms. The van der Waals surface area contributed by atoms with Crippen LogP contribution in [0.4, 0.5) is 4.39 Å². The molecule has 2 rings (SSSR count). The van der Waals surface area contributed by atoms with Crippen molar-refractivity contribution < 1.29 is 4.39 Å². The topological polar surface area (TPSA) is 56.7 Å². The highest BCUT2D eigenvalue weighted by Gasteiger charge is 2.19. The molecular weight excluding hydrogens is 231 g/mol. The second-order valence-corrected chi connectivity index (χ2v) is 4.64. The molecule has 0 amide bonds. The molecule has 2 aromatic rings. The molecule has 96 valence electrons. The Morgan fingerprint density at radius 3 is 2.67 bits per heavy atom. The van der Waals surface area contributed by atoms with Gasteiger partial charge in [-0.1, -0.05) is 6.07 Å². The van der Waals surface area contributed by atoms with E-state index < -0.39 is 6.04 Å². The highest BCUT2D eigenvalue weighted by atomic mass is 19.1. The lowest BCUT2D eigenvalue weighted by Gasteiger charge is -2.17. The van der Waals surface area contributed by atoms with E-state index in [0.29, 0.717) is 5.82 Å². The van der Waals surface area contributed by atoms with Crippen molar-refractivity contribution in [1.29, 1.82) is 0 Å². The van der Waals surface area contributed by atoms with Crippen LogP contribution in [0.5, 0.6) is 0 Å². The van der Waals surface area contributed by atoms with Crippen LogP contribution in [0.1, 0.15) is 42.9 Å². The van der Waals surface area contributed by atoms with Crippen LogP contribution in [0.25, 0.3) is 0 Å². The summed E-state index contributed by atoms with van der Waals surface area (Å²) in [5.74, 6) is 0.438. The lowest BCUT2D eigenvalue weighted by atomic mass is 10.0. The molecule has 0 fully saturated rings. The first kappa shape index (κ1) is 12.7. The molecule has 0 aliphatic heterocycles. The summed E-state index contributed by atoms with van der Waals surface area (Å²) in [7, 11) is 0. The molecule has 0 aliphatic carbocycles. The van der Waals surface area contributed by atoms with Crippen molar-refractivity contribution in [3.05, 3.63) is 47.3 Å². The van der Waals surface area contributed by atoms with Crippen LogP contribution in [-0.4, -0.2) is 14.8 Å². The SMILES string of the molecule is Cc1cc(F)ccc1C(N)c1ncnn1C(C)C. The van der Waals surface area contributed by atoms with Gasteiger partial charge in [-0.15, -0.1) is 0 Å². The summed E-state index contributed by atoms with van der Waals surface area (Å²) in [6, 6.07) is 4.39. The first-order chi connectivity index (χ1) is 8.50. The van der Waals surface area contributed by atoms with E-state index in [4.69, 9.17) is 5.73 Å². The average Bonchev–Trinajstić information content (AvgIpc) is 2.77. The Hall–Kier alpha value is -1.75. The van der Waals surface area contributed by atoms with Gasteiger partial charge in [0.25, 0.3) is 0 Å². The number of aromatic nitrogens is 3. The van der Waals surface area contributed by atoms with Crippen molar-refractivity contribution in [3.63, 3.8) is 0 Å². The van der Waals surface area contributed by atoms with Crippen LogP contribution < -0.4 is 5.73 Å². The van der Waals surface area contributed by atoms with E-state index in [-0.39, 0.29) is 11.9 Å². The fourth-order valence-electron chi connectivity index (χ4n) is 2.01. The third kappa shape index (κ3) is 2.26. The summed E-state index contributed by atoms with van der Waals surface area (Å²) in [6.45, 7) is 5.87. The van der Waals surface area contributed by atoms with Gasteiger partial charge in [-0.3, -0.25) is 0 Å². The molecule has 5 heteroatoms. The highest BCUT2D eigenvalue weighted by Crippen LogP contribution is 2.23. The summed E-state index contributed by atoms with van der Waals surface area (Å²) < 4.78 is 14.9. The fraction of sp³-hybridized carbons (Fsp3) is 0.385. The molecule has 2 N–H and O–H groups in total. The van der Waals surface area contributed by atoms with Crippen LogP contribution >= 0.6 is 0 Å². The molecule has 4 nitrogen and oxygen atoms in total. The Kier molecular flexibility index (Phi) is 3.43. The van der Waals surface area contributed by atoms with Crippen molar-refractivity contribution in [3.8, 4) is 0 Å².